The fourth-order valence-electron chi connectivity index (χ4n) is 5.44. The highest BCUT2D eigenvalue weighted by Gasteiger charge is 2.14. The summed E-state index contributed by atoms with van der Waals surface area (Å²) in [6.07, 6.45) is 6.84. The predicted molar refractivity (Wildman–Crippen MR) is 165 cm³/mol. The second-order valence-corrected chi connectivity index (χ2v) is 9.89. The lowest BCUT2D eigenvalue weighted by Gasteiger charge is -2.13. The van der Waals surface area contributed by atoms with Crippen molar-refractivity contribution >= 4 is 32.3 Å². The van der Waals surface area contributed by atoms with Gasteiger partial charge < -0.3 is 0 Å². The number of benzene rings is 4. The smallest absolute Gasteiger partial charge is 0.181 e. The Balaban J connectivity index is 1.31. The van der Waals surface area contributed by atoms with Crippen molar-refractivity contribution in [2.24, 2.45) is 0 Å². The van der Waals surface area contributed by atoms with Crippen LogP contribution in [0.2, 0.25) is 0 Å². The molecule has 0 aliphatic heterocycles. The lowest BCUT2D eigenvalue weighted by molar-refractivity contribution is 1.05. The zero-order valence-corrected chi connectivity index (χ0v) is 22.3. The summed E-state index contributed by atoms with van der Waals surface area (Å²) in [5.41, 5.74) is 4.17. The minimum atomic E-state index is 0.543. The summed E-state index contributed by atoms with van der Waals surface area (Å²) in [6.45, 7) is 0. The van der Waals surface area contributed by atoms with Crippen LogP contribution >= 0.6 is 0 Å². The maximum Gasteiger partial charge on any atom is 0.181 e. The summed E-state index contributed by atoms with van der Waals surface area (Å²) in [6, 6.07) is 34.7. The van der Waals surface area contributed by atoms with Crippen molar-refractivity contribution in [1.82, 2.24) is 34.9 Å². The summed E-state index contributed by atoms with van der Waals surface area (Å²) in [5.74, 6) is 1.80. The first-order chi connectivity index (χ1) is 20.8. The van der Waals surface area contributed by atoms with Crippen molar-refractivity contribution in [2.75, 3.05) is 0 Å². The molecule has 0 amide bonds. The minimum absolute atomic E-state index is 0.543. The molecular weight excluding hydrogens is 518 g/mol. The van der Waals surface area contributed by atoms with Crippen LogP contribution in [0.1, 0.15) is 0 Å². The van der Waals surface area contributed by atoms with Crippen LogP contribution in [-0.2, 0) is 0 Å². The van der Waals surface area contributed by atoms with Crippen LogP contribution in [0.4, 0.5) is 0 Å². The van der Waals surface area contributed by atoms with Crippen molar-refractivity contribution < 1.29 is 0 Å². The molecule has 0 saturated heterocycles. The van der Waals surface area contributed by atoms with Crippen molar-refractivity contribution in [2.45, 2.75) is 0 Å². The lowest BCUT2D eigenvalue weighted by atomic mass is 9.92. The average molecular weight is 540 g/mol. The van der Waals surface area contributed by atoms with E-state index in [1.807, 2.05) is 42.5 Å². The van der Waals surface area contributed by atoms with E-state index in [2.05, 4.69) is 85.6 Å². The summed E-state index contributed by atoms with van der Waals surface area (Å²) >= 11 is 0. The van der Waals surface area contributed by atoms with E-state index in [-0.39, 0.29) is 0 Å². The van der Waals surface area contributed by atoms with Crippen LogP contribution in [0.15, 0.2) is 128 Å². The molecule has 4 aromatic carbocycles. The van der Waals surface area contributed by atoms with Crippen molar-refractivity contribution in [3.05, 3.63) is 128 Å². The molecule has 4 aromatic heterocycles. The maximum absolute atomic E-state index is 4.85. The fraction of sp³-hybridized carbons (Fsp3) is 0. The number of hydrogen-bond donors (Lipinski definition) is 0. The van der Waals surface area contributed by atoms with Crippen LogP contribution in [0.25, 0.3) is 78.0 Å². The van der Waals surface area contributed by atoms with E-state index in [9.17, 15) is 0 Å². The fourth-order valence-corrected chi connectivity index (χ4v) is 5.44. The SMILES string of the molecule is c1ccc(-c2ccnc(-c3ccc4c(c3)c3ccccc3c3ccc(-c5ncnc(-c6ccccn6)n5)cc34)n2)nc1. The van der Waals surface area contributed by atoms with Gasteiger partial charge in [-0.25, -0.2) is 24.9 Å². The van der Waals surface area contributed by atoms with E-state index < -0.39 is 0 Å². The van der Waals surface area contributed by atoms with Crippen LogP contribution in [0, 0.1) is 0 Å². The van der Waals surface area contributed by atoms with Gasteiger partial charge >= 0.3 is 0 Å². The Bertz CT molecular complexity index is 2130. The van der Waals surface area contributed by atoms with Crippen LogP contribution in [0.5, 0.6) is 0 Å². The second-order valence-electron chi connectivity index (χ2n) is 9.89. The van der Waals surface area contributed by atoms with Gasteiger partial charge in [0.05, 0.1) is 11.4 Å². The minimum Gasteiger partial charge on any atom is -0.255 e. The molecule has 0 fully saturated rings. The van der Waals surface area contributed by atoms with Gasteiger partial charge in [0.25, 0.3) is 0 Å². The van der Waals surface area contributed by atoms with Crippen molar-refractivity contribution in [3.8, 4) is 45.7 Å². The Morgan fingerprint density at radius 1 is 0.333 bits per heavy atom. The van der Waals surface area contributed by atoms with Gasteiger partial charge in [0.2, 0.25) is 0 Å². The van der Waals surface area contributed by atoms with Gasteiger partial charge in [-0.15, -0.1) is 0 Å². The Hall–Kier alpha value is -5.95. The third-order valence-electron chi connectivity index (χ3n) is 7.40. The molecule has 0 aliphatic carbocycles. The van der Waals surface area contributed by atoms with Gasteiger partial charge in [0.1, 0.15) is 12.0 Å². The highest BCUT2D eigenvalue weighted by Crippen LogP contribution is 2.38. The molecule has 0 N–H and O–H groups in total. The van der Waals surface area contributed by atoms with Gasteiger partial charge in [-0.05, 0) is 74.8 Å². The molecule has 0 radical (unpaired) electrons. The Morgan fingerprint density at radius 3 is 1.60 bits per heavy atom. The van der Waals surface area contributed by atoms with Crippen LogP contribution in [0.3, 0.4) is 0 Å². The largest absolute Gasteiger partial charge is 0.255 e. The molecule has 0 bridgehead atoms. The summed E-state index contributed by atoms with van der Waals surface area (Å²) in [5, 5.41) is 6.90. The first-order valence-corrected chi connectivity index (χ1v) is 13.6. The Labute approximate surface area is 240 Å². The van der Waals surface area contributed by atoms with Gasteiger partial charge in [0, 0.05) is 29.7 Å². The second kappa shape index (κ2) is 9.91. The number of fused-ring (bicyclic) bond motifs is 6. The highest BCUT2D eigenvalue weighted by molar-refractivity contribution is 6.26. The molecule has 0 atom stereocenters. The van der Waals surface area contributed by atoms with E-state index >= 15 is 0 Å². The molecule has 42 heavy (non-hydrogen) atoms. The third kappa shape index (κ3) is 4.12. The lowest BCUT2D eigenvalue weighted by Crippen LogP contribution is -1.96. The number of rotatable bonds is 4. The molecule has 7 nitrogen and oxygen atoms in total. The zero-order valence-electron chi connectivity index (χ0n) is 22.3. The number of pyridine rings is 2. The molecule has 0 unspecified atom stereocenters. The molecule has 0 saturated carbocycles. The molecule has 8 aromatic rings. The van der Waals surface area contributed by atoms with Crippen molar-refractivity contribution in [1.29, 1.82) is 0 Å². The van der Waals surface area contributed by atoms with E-state index in [1.165, 1.54) is 16.2 Å². The monoisotopic (exact) mass is 539 g/mol. The topological polar surface area (TPSA) is 90.2 Å². The zero-order chi connectivity index (χ0) is 27.9. The molecule has 0 spiro atoms. The average Bonchev–Trinajstić information content (AvgIpc) is 3.09. The predicted octanol–water partition coefficient (Wildman–Crippen LogP) is 7.58. The van der Waals surface area contributed by atoms with Crippen LogP contribution in [-0.4, -0.2) is 34.9 Å². The van der Waals surface area contributed by atoms with Gasteiger partial charge in [-0.2, -0.15) is 0 Å². The summed E-state index contributed by atoms with van der Waals surface area (Å²) < 4.78 is 0. The summed E-state index contributed by atoms with van der Waals surface area (Å²) in [4.78, 5) is 31.9. The van der Waals surface area contributed by atoms with E-state index in [4.69, 9.17) is 9.97 Å². The van der Waals surface area contributed by atoms with Crippen LogP contribution < -0.4 is 0 Å². The van der Waals surface area contributed by atoms with E-state index in [1.54, 1.807) is 24.9 Å². The Kier molecular flexibility index (Phi) is 5.64. The molecule has 4 heterocycles. The quantitative estimate of drug-likeness (QED) is 0.213. The highest BCUT2D eigenvalue weighted by atomic mass is 15.0. The van der Waals surface area contributed by atoms with Gasteiger partial charge in [-0.3, -0.25) is 9.97 Å². The maximum atomic E-state index is 4.85. The first kappa shape index (κ1) is 23.9. The molecule has 7 heteroatoms. The normalized spacial score (nSPS) is 11.3. The van der Waals surface area contributed by atoms with E-state index in [0.29, 0.717) is 23.2 Å². The van der Waals surface area contributed by atoms with E-state index in [0.717, 1.165) is 38.7 Å². The third-order valence-corrected chi connectivity index (χ3v) is 7.40. The molecular formula is C35H21N7. The molecule has 8 rings (SSSR count). The Morgan fingerprint density at radius 2 is 0.905 bits per heavy atom. The van der Waals surface area contributed by atoms with Gasteiger partial charge in [0.15, 0.2) is 17.5 Å². The number of nitrogens with zero attached hydrogens (tertiary/aromatic N) is 7. The summed E-state index contributed by atoms with van der Waals surface area (Å²) in [7, 11) is 0. The van der Waals surface area contributed by atoms with Crippen molar-refractivity contribution in [3.63, 3.8) is 0 Å². The standard InChI is InChI=1S/C35H21N7/c1-2-8-25-24(7-1)26-13-11-23(34-39-21-40-35(42-34)32-10-4-6-17-37-32)20-29(26)27-14-12-22(19-28(25)27)33-38-18-15-31(41-33)30-9-3-5-16-36-30/h1-21H. The van der Waals surface area contributed by atoms with Gasteiger partial charge in [-0.1, -0.05) is 60.7 Å². The number of aromatic nitrogens is 7. The molecule has 0 aliphatic rings. The number of hydrogen-bond acceptors (Lipinski definition) is 7. The molecule has 196 valence electrons. The first-order valence-electron chi connectivity index (χ1n) is 13.6.